The Balaban J connectivity index is 2.69. The van der Waals surface area contributed by atoms with Crippen LogP contribution in [0.25, 0.3) is 0 Å². The van der Waals surface area contributed by atoms with E-state index in [4.69, 9.17) is 0 Å². The first-order valence-corrected chi connectivity index (χ1v) is 11.4. The van der Waals surface area contributed by atoms with Gasteiger partial charge in [0.2, 0.25) is 9.84 Å². The summed E-state index contributed by atoms with van der Waals surface area (Å²) in [6.45, 7) is 0. The zero-order chi connectivity index (χ0) is 26.4. The molecule has 1 atom stereocenters. The summed E-state index contributed by atoms with van der Waals surface area (Å²) in [6.07, 6.45) is 0. The maximum absolute atomic E-state index is 14.8. The number of carbonyl (C=O) groups excluding carboxylic acids is 1. The molecule has 0 saturated heterocycles. The Hall–Kier alpha value is -2.39. The van der Waals surface area contributed by atoms with Crippen molar-refractivity contribution in [3.8, 4) is 0 Å². The van der Waals surface area contributed by atoms with Gasteiger partial charge in [0.25, 0.3) is 16.7 Å². The quantitative estimate of drug-likeness (QED) is 0.153. The molecule has 1 unspecified atom stereocenters. The third-order valence-electron chi connectivity index (χ3n) is 4.41. The van der Waals surface area contributed by atoms with Crippen LogP contribution in [0.1, 0.15) is 10.4 Å². The van der Waals surface area contributed by atoms with E-state index in [0.29, 0.717) is 18.2 Å². The molecule has 0 aliphatic rings. The standard InChI is InChI=1S/C17H11Cl2F9N2O3S/c18-9-15(19,20)16(21,22)17(23,24)34(25,26,27,28)13-7-2-1-6-12(13)29-14(31)10-4-3-5-11(8-10)30(32)33/h1-8H,9H2,(H,29,31). The zero-order valence-electron chi connectivity index (χ0n) is 16.1. The van der Waals surface area contributed by atoms with E-state index in [9.17, 15) is 52.4 Å². The molecule has 17 heteroatoms. The summed E-state index contributed by atoms with van der Waals surface area (Å²) in [4.78, 5) is 19.1. The molecule has 0 saturated carbocycles. The molecular weight excluding hydrogens is 554 g/mol. The maximum Gasteiger partial charge on any atom is 0.424 e. The van der Waals surface area contributed by atoms with Gasteiger partial charge in [0.1, 0.15) is 4.90 Å². The van der Waals surface area contributed by atoms with Gasteiger partial charge in [-0.05, 0) is 18.2 Å². The number of nitrogens with zero attached hydrogens (tertiary/aromatic N) is 1. The second kappa shape index (κ2) is 7.81. The molecule has 190 valence electrons. The van der Waals surface area contributed by atoms with Crippen molar-refractivity contribution in [1.29, 1.82) is 0 Å². The van der Waals surface area contributed by atoms with Crippen LogP contribution in [0, 0.1) is 10.1 Å². The fourth-order valence-electron chi connectivity index (χ4n) is 2.58. The molecule has 0 aliphatic heterocycles. The van der Waals surface area contributed by atoms with E-state index in [1.807, 2.05) is 0 Å². The van der Waals surface area contributed by atoms with Gasteiger partial charge in [-0.2, -0.15) is 17.6 Å². The number of alkyl halides is 7. The fraction of sp³-hybridized carbons (Fsp3) is 0.235. The van der Waals surface area contributed by atoms with Crippen molar-refractivity contribution in [1.82, 2.24) is 0 Å². The van der Waals surface area contributed by atoms with Crippen LogP contribution in [0.4, 0.5) is 48.9 Å². The molecule has 0 fully saturated rings. The van der Waals surface area contributed by atoms with E-state index in [2.05, 4.69) is 23.2 Å². The lowest BCUT2D eigenvalue weighted by Crippen LogP contribution is -2.60. The Labute approximate surface area is 194 Å². The molecule has 2 rings (SSSR count). The highest BCUT2D eigenvalue weighted by atomic mass is 35.5. The summed E-state index contributed by atoms with van der Waals surface area (Å²) >= 11 is 9.13. The molecule has 34 heavy (non-hydrogen) atoms. The van der Waals surface area contributed by atoms with E-state index in [-0.39, 0.29) is 12.1 Å². The predicted octanol–water partition coefficient (Wildman–Crippen LogP) is 7.99. The highest BCUT2D eigenvalue weighted by Gasteiger charge is 2.94. The number of nitrogens with one attached hydrogen (secondary N) is 1. The molecule has 0 spiro atoms. The average molecular weight is 565 g/mol. The summed E-state index contributed by atoms with van der Waals surface area (Å²) in [5, 5.41) is -0.759. The van der Waals surface area contributed by atoms with E-state index in [1.165, 1.54) is 5.32 Å². The summed E-state index contributed by atoms with van der Waals surface area (Å²) in [7, 11) is -11.6. The molecule has 5 nitrogen and oxygen atoms in total. The highest BCUT2D eigenvalue weighted by Crippen LogP contribution is 3.08. The Morgan fingerprint density at radius 2 is 1.56 bits per heavy atom. The minimum Gasteiger partial charge on any atom is -0.321 e. The number of hydrogen-bond donors (Lipinski definition) is 1. The van der Waals surface area contributed by atoms with Crippen molar-refractivity contribution in [2.24, 2.45) is 0 Å². The predicted molar refractivity (Wildman–Crippen MR) is 108 cm³/mol. The Bertz CT molecular complexity index is 1160. The maximum atomic E-state index is 14.8. The van der Waals surface area contributed by atoms with Gasteiger partial charge in [-0.3, -0.25) is 14.9 Å². The van der Waals surface area contributed by atoms with E-state index < -0.39 is 64.7 Å². The number of amides is 1. The first kappa shape index (κ1) is 27.9. The van der Waals surface area contributed by atoms with Crippen LogP contribution >= 0.6 is 33.0 Å². The van der Waals surface area contributed by atoms with Gasteiger partial charge >= 0.3 is 11.2 Å². The monoisotopic (exact) mass is 564 g/mol. The second-order valence-electron chi connectivity index (χ2n) is 6.76. The van der Waals surface area contributed by atoms with Crippen LogP contribution in [0.3, 0.4) is 0 Å². The van der Waals surface area contributed by atoms with Crippen LogP contribution in [0.5, 0.6) is 0 Å². The molecule has 0 heterocycles. The first-order chi connectivity index (χ1) is 15.1. The van der Waals surface area contributed by atoms with E-state index in [1.54, 1.807) is 0 Å². The number of para-hydroxylation sites is 1. The second-order valence-corrected chi connectivity index (χ2v) is 10.7. The van der Waals surface area contributed by atoms with E-state index in [0.717, 1.165) is 18.2 Å². The first-order valence-electron chi connectivity index (χ1n) is 8.47. The topological polar surface area (TPSA) is 72.2 Å². The Kier molecular flexibility index (Phi) is 6.40. The molecule has 0 aliphatic carbocycles. The normalized spacial score (nSPS) is 16.7. The van der Waals surface area contributed by atoms with Crippen molar-refractivity contribution < 1.29 is 47.2 Å². The fourth-order valence-corrected chi connectivity index (χ4v) is 4.79. The third kappa shape index (κ3) is 4.13. The molecule has 0 bridgehead atoms. The number of hydrogen-bond acceptors (Lipinski definition) is 3. The number of halogens is 11. The number of benzene rings is 2. The summed E-state index contributed by atoms with van der Waals surface area (Å²) < 4.78 is 130. The highest BCUT2D eigenvalue weighted by molar-refractivity contribution is 8.50. The van der Waals surface area contributed by atoms with Crippen LogP contribution in [0.15, 0.2) is 53.4 Å². The number of nitro groups is 1. The van der Waals surface area contributed by atoms with Crippen LogP contribution < -0.4 is 5.32 Å². The molecule has 1 amide bonds. The molecule has 2 aromatic carbocycles. The lowest BCUT2D eigenvalue weighted by molar-refractivity contribution is -0.384. The number of non-ortho nitro benzene ring substituents is 1. The lowest BCUT2D eigenvalue weighted by atomic mass is 10.2. The number of nitro benzene ring substituents is 1. The minimum atomic E-state index is -11.6. The van der Waals surface area contributed by atoms with Gasteiger partial charge in [0.15, 0.2) is 0 Å². The lowest BCUT2D eigenvalue weighted by Gasteiger charge is -2.56. The van der Waals surface area contributed by atoms with Crippen molar-refractivity contribution in [2.45, 2.75) is 21.2 Å². The van der Waals surface area contributed by atoms with Gasteiger partial charge in [0.05, 0.1) is 16.5 Å². The van der Waals surface area contributed by atoms with Gasteiger partial charge in [-0.25, -0.2) is 4.39 Å². The Morgan fingerprint density at radius 3 is 2.09 bits per heavy atom. The van der Waals surface area contributed by atoms with Crippen molar-refractivity contribution in [3.63, 3.8) is 0 Å². The summed E-state index contributed by atoms with van der Waals surface area (Å²) in [5.74, 6) is -10.7. The van der Waals surface area contributed by atoms with Crippen molar-refractivity contribution in [2.75, 3.05) is 11.2 Å². The smallest absolute Gasteiger partial charge is 0.321 e. The molecule has 0 aromatic heterocycles. The molecular formula is C17H11Cl2F9N2O3S. The SMILES string of the molecule is O=C(Nc1ccccc1S(F)(F)(F)(F)C(F)(F)C(F)(F)C(F)(Cl)CCl)c1cccc([N+](=O)[O-])c1. The summed E-state index contributed by atoms with van der Waals surface area (Å²) in [5.41, 5.74) is -3.09. The zero-order valence-corrected chi connectivity index (χ0v) is 18.4. The number of carbonyl (C=O) groups is 1. The largest absolute Gasteiger partial charge is 0.424 e. The number of anilines is 1. The van der Waals surface area contributed by atoms with Crippen molar-refractivity contribution in [3.05, 3.63) is 64.2 Å². The van der Waals surface area contributed by atoms with Gasteiger partial charge in [-0.1, -0.05) is 29.8 Å². The average Bonchev–Trinajstić information content (AvgIpc) is 2.72. The molecule has 0 radical (unpaired) electrons. The van der Waals surface area contributed by atoms with Crippen molar-refractivity contribution >= 4 is 50.3 Å². The molecule has 2 aromatic rings. The van der Waals surface area contributed by atoms with Gasteiger partial charge in [-0.15, -0.1) is 27.1 Å². The minimum absolute atomic E-state index is 0.252. The van der Waals surface area contributed by atoms with E-state index >= 15 is 0 Å². The summed E-state index contributed by atoms with van der Waals surface area (Å²) in [6, 6.07) is 4.26. The van der Waals surface area contributed by atoms with Gasteiger partial charge < -0.3 is 5.32 Å². The third-order valence-corrected chi connectivity index (χ3v) is 7.81. The van der Waals surface area contributed by atoms with Gasteiger partial charge in [0, 0.05) is 17.7 Å². The van der Waals surface area contributed by atoms with Crippen LogP contribution in [-0.2, 0) is 0 Å². The van der Waals surface area contributed by atoms with Crippen LogP contribution in [0.2, 0.25) is 0 Å². The Morgan fingerprint density at radius 1 is 1.00 bits per heavy atom. The van der Waals surface area contributed by atoms with Crippen LogP contribution in [-0.4, -0.2) is 33.0 Å². The number of rotatable bonds is 8. The molecule has 1 N–H and O–H groups in total.